The van der Waals surface area contributed by atoms with Crippen LogP contribution in [0.1, 0.15) is 12.5 Å². The number of benzene rings is 2. The maximum Gasteiger partial charge on any atom is 0.416 e. The van der Waals surface area contributed by atoms with Gasteiger partial charge in [-0.3, -0.25) is 4.79 Å². The first kappa shape index (κ1) is 20.0. The van der Waals surface area contributed by atoms with Gasteiger partial charge in [-0.05, 0) is 37.3 Å². The van der Waals surface area contributed by atoms with Crippen LogP contribution in [0, 0.1) is 0 Å². The maximum atomic E-state index is 12.8. The molecule has 2 aromatic rings. The average Bonchev–Trinajstić information content (AvgIpc) is 2.67. The van der Waals surface area contributed by atoms with Crippen LogP contribution in [0.25, 0.3) is 0 Å². The third-order valence-electron chi connectivity index (χ3n) is 5.09. The fourth-order valence-electron chi connectivity index (χ4n) is 3.41. The van der Waals surface area contributed by atoms with E-state index in [4.69, 9.17) is 0 Å². The number of anilines is 2. The van der Waals surface area contributed by atoms with Crippen LogP contribution < -0.4 is 15.1 Å². The van der Waals surface area contributed by atoms with Crippen LogP contribution in [-0.2, 0) is 11.0 Å². The number of hydrogen-bond acceptors (Lipinski definition) is 3. The summed E-state index contributed by atoms with van der Waals surface area (Å²) in [5, 5.41) is 12.6. The van der Waals surface area contributed by atoms with Crippen molar-refractivity contribution >= 4 is 17.3 Å². The van der Waals surface area contributed by atoms with Crippen LogP contribution >= 0.6 is 0 Å². The molecule has 0 aromatic heterocycles. The number of para-hydroxylation sites is 2. The van der Waals surface area contributed by atoms with Gasteiger partial charge in [-0.15, -0.1) is 0 Å². The molecule has 1 atom stereocenters. The van der Waals surface area contributed by atoms with Crippen LogP contribution in [0.2, 0.25) is 0 Å². The van der Waals surface area contributed by atoms with Gasteiger partial charge in [0, 0.05) is 5.69 Å². The molecule has 0 unspecified atom stereocenters. The summed E-state index contributed by atoms with van der Waals surface area (Å²) in [6.45, 7) is 4.49. The number of carbonyl (C=O) groups excluding carboxylic acids is 1. The largest absolute Gasteiger partial charge is 0.506 e. The number of halogens is 3. The molecule has 3 N–H and O–H groups in total. The lowest BCUT2D eigenvalue weighted by Crippen LogP contribution is -3.19. The Morgan fingerprint density at radius 2 is 1.82 bits per heavy atom. The molecule has 0 aliphatic carbocycles. The first-order valence-electron chi connectivity index (χ1n) is 9.11. The van der Waals surface area contributed by atoms with E-state index in [-0.39, 0.29) is 17.3 Å². The summed E-state index contributed by atoms with van der Waals surface area (Å²) >= 11 is 0. The molecular weight excluding hydrogens is 371 g/mol. The molecule has 3 rings (SSSR count). The molecule has 0 bridgehead atoms. The molecule has 2 aromatic carbocycles. The van der Waals surface area contributed by atoms with Crippen molar-refractivity contribution in [3.63, 3.8) is 0 Å². The van der Waals surface area contributed by atoms with Crippen molar-refractivity contribution in [2.45, 2.75) is 19.1 Å². The number of nitrogens with one attached hydrogen (secondary N) is 2. The van der Waals surface area contributed by atoms with Gasteiger partial charge >= 0.3 is 6.18 Å². The van der Waals surface area contributed by atoms with Gasteiger partial charge in [0.25, 0.3) is 5.91 Å². The summed E-state index contributed by atoms with van der Waals surface area (Å²) in [6.07, 6.45) is -4.45. The second-order valence-corrected chi connectivity index (χ2v) is 6.92. The van der Waals surface area contributed by atoms with Crippen LogP contribution in [0.5, 0.6) is 5.75 Å². The highest BCUT2D eigenvalue weighted by atomic mass is 19.4. The van der Waals surface area contributed by atoms with Crippen molar-refractivity contribution in [1.29, 1.82) is 0 Å². The van der Waals surface area contributed by atoms with Crippen molar-refractivity contribution in [3.8, 4) is 5.75 Å². The van der Waals surface area contributed by atoms with Crippen molar-refractivity contribution in [2.24, 2.45) is 0 Å². The second-order valence-electron chi connectivity index (χ2n) is 6.92. The van der Waals surface area contributed by atoms with E-state index in [1.165, 1.54) is 12.1 Å². The summed E-state index contributed by atoms with van der Waals surface area (Å²) < 4.78 is 38.5. The predicted octanol–water partition coefficient (Wildman–Crippen LogP) is 2.14. The molecule has 1 amide bonds. The molecule has 1 fully saturated rings. The monoisotopic (exact) mass is 394 g/mol. The number of phenols is 1. The number of rotatable bonds is 4. The molecule has 0 saturated carbocycles. The molecule has 0 spiro atoms. The summed E-state index contributed by atoms with van der Waals surface area (Å²) in [5.41, 5.74) is 0.114. The van der Waals surface area contributed by atoms with E-state index in [9.17, 15) is 23.1 Å². The zero-order valence-electron chi connectivity index (χ0n) is 15.5. The normalized spacial score (nSPS) is 16.6. The van der Waals surface area contributed by atoms with Gasteiger partial charge < -0.3 is 20.2 Å². The number of carbonyl (C=O) groups is 1. The maximum absolute atomic E-state index is 12.8. The van der Waals surface area contributed by atoms with Crippen molar-refractivity contribution < 1.29 is 28.0 Å². The van der Waals surface area contributed by atoms with Crippen LogP contribution in [-0.4, -0.2) is 43.2 Å². The van der Waals surface area contributed by atoms with E-state index in [0.29, 0.717) is 26.2 Å². The SMILES string of the molecule is C[C@@H](C(=O)Nc1cccc(C(F)(F)F)c1)[NH+]1CCN(c2ccccc2O)CC1. The molecule has 28 heavy (non-hydrogen) atoms. The standard InChI is InChI=1S/C20H22F3N3O2/c1-14(19(28)24-16-6-4-5-15(13-16)20(21,22)23)25-9-11-26(12-10-25)17-7-2-3-8-18(17)27/h2-8,13-14,27H,9-12H2,1H3,(H,24,28)/p+1/t14-/m0/s1. The third-order valence-corrected chi connectivity index (χ3v) is 5.09. The van der Waals surface area contributed by atoms with Crippen molar-refractivity contribution in [1.82, 2.24) is 0 Å². The van der Waals surface area contributed by atoms with Crippen molar-refractivity contribution in [2.75, 3.05) is 36.4 Å². The Labute approximate surface area is 161 Å². The smallest absolute Gasteiger partial charge is 0.416 e. The molecule has 1 aliphatic heterocycles. The fraction of sp³-hybridized carbons (Fsp3) is 0.350. The van der Waals surface area contributed by atoms with Gasteiger partial charge in [0.2, 0.25) is 0 Å². The number of aromatic hydroxyl groups is 1. The van der Waals surface area contributed by atoms with Crippen LogP contribution in [0.3, 0.4) is 0 Å². The zero-order valence-corrected chi connectivity index (χ0v) is 15.5. The Balaban J connectivity index is 1.59. The van der Waals surface area contributed by atoms with Crippen molar-refractivity contribution in [3.05, 3.63) is 54.1 Å². The summed E-state index contributed by atoms with van der Waals surface area (Å²) in [7, 11) is 0. The molecule has 1 saturated heterocycles. The highest BCUT2D eigenvalue weighted by Gasteiger charge is 2.32. The van der Waals surface area contributed by atoms with E-state index in [1.807, 2.05) is 12.1 Å². The quantitative estimate of drug-likeness (QED) is 0.745. The minimum atomic E-state index is -4.45. The average molecular weight is 394 g/mol. The van der Waals surface area contributed by atoms with Gasteiger partial charge in [0.15, 0.2) is 6.04 Å². The lowest BCUT2D eigenvalue weighted by atomic mass is 10.1. The Bertz CT molecular complexity index is 833. The molecule has 5 nitrogen and oxygen atoms in total. The van der Waals surface area contributed by atoms with Gasteiger partial charge in [-0.1, -0.05) is 18.2 Å². The van der Waals surface area contributed by atoms with E-state index in [2.05, 4.69) is 10.2 Å². The minimum absolute atomic E-state index is 0.138. The number of alkyl halides is 3. The predicted molar refractivity (Wildman–Crippen MR) is 101 cm³/mol. The number of piperazine rings is 1. The lowest BCUT2D eigenvalue weighted by molar-refractivity contribution is -0.914. The number of amides is 1. The number of quaternary nitrogens is 1. The van der Waals surface area contributed by atoms with Crippen LogP contribution in [0.4, 0.5) is 24.5 Å². The van der Waals surface area contributed by atoms with Gasteiger partial charge in [0.05, 0.1) is 37.4 Å². The molecule has 1 aliphatic rings. The number of hydrogen-bond donors (Lipinski definition) is 3. The molecular formula is C20H23F3N3O2+. The van der Waals surface area contributed by atoms with Crippen LogP contribution in [0.15, 0.2) is 48.5 Å². The summed E-state index contributed by atoms with van der Waals surface area (Å²) in [4.78, 5) is 15.6. The lowest BCUT2D eigenvalue weighted by Gasteiger charge is -2.36. The van der Waals surface area contributed by atoms with Gasteiger partial charge in [-0.2, -0.15) is 13.2 Å². The Morgan fingerprint density at radius 3 is 2.46 bits per heavy atom. The molecule has 1 heterocycles. The Morgan fingerprint density at radius 1 is 1.14 bits per heavy atom. The van der Waals surface area contributed by atoms with E-state index in [1.54, 1.807) is 19.1 Å². The minimum Gasteiger partial charge on any atom is -0.506 e. The highest BCUT2D eigenvalue weighted by Crippen LogP contribution is 2.30. The van der Waals surface area contributed by atoms with Gasteiger partial charge in [-0.25, -0.2) is 0 Å². The number of nitrogens with zero attached hydrogens (tertiary/aromatic N) is 1. The topological polar surface area (TPSA) is 57.0 Å². The van der Waals surface area contributed by atoms with Gasteiger partial charge in [0.1, 0.15) is 5.75 Å². The van der Waals surface area contributed by atoms with E-state index < -0.39 is 17.8 Å². The summed E-state index contributed by atoms with van der Waals surface area (Å²) in [5.74, 6) is -0.0911. The fourth-order valence-corrected chi connectivity index (χ4v) is 3.41. The first-order valence-corrected chi connectivity index (χ1v) is 9.11. The molecule has 0 radical (unpaired) electrons. The highest BCUT2D eigenvalue weighted by molar-refractivity contribution is 5.93. The number of phenolic OH excluding ortho intramolecular Hbond substituents is 1. The molecule has 150 valence electrons. The first-order chi connectivity index (χ1) is 13.3. The zero-order chi connectivity index (χ0) is 20.3. The summed E-state index contributed by atoms with van der Waals surface area (Å²) in [6, 6.07) is 11.4. The Hall–Kier alpha value is -2.74. The Kier molecular flexibility index (Phi) is 5.79. The van der Waals surface area contributed by atoms with E-state index >= 15 is 0 Å². The van der Waals surface area contributed by atoms with E-state index in [0.717, 1.165) is 22.7 Å². The second kappa shape index (κ2) is 8.10. The molecule has 8 heteroatoms. The third kappa shape index (κ3) is 4.56.